The maximum atomic E-state index is 11.3. The van der Waals surface area contributed by atoms with Crippen LogP contribution in [0.3, 0.4) is 0 Å². The number of rotatable bonds is 7. The molecule has 0 atom stereocenters. The summed E-state index contributed by atoms with van der Waals surface area (Å²) in [5.74, 6) is 0.302. The molecule has 6 heteroatoms. The van der Waals surface area contributed by atoms with E-state index in [1.807, 2.05) is 13.8 Å². The van der Waals surface area contributed by atoms with Gasteiger partial charge in [0.2, 0.25) is 0 Å². The molecule has 0 saturated carbocycles. The molecule has 0 amide bonds. The summed E-state index contributed by atoms with van der Waals surface area (Å²) in [7, 11) is -3.09. The number of nitrogens with zero attached hydrogens (tertiary/aromatic N) is 2. The van der Waals surface area contributed by atoms with Crippen LogP contribution in [0.2, 0.25) is 0 Å². The van der Waals surface area contributed by atoms with Crippen molar-refractivity contribution < 1.29 is 8.42 Å². The topological polar surface area (TPSA) is 72.0 Å². The first-order valence-corrected chi connectivity index (χ1v) is 8.99. The molecule has 0 aliphatic rings. The van der Waals surface area contributed by atoms with Gasteiger partial charge in [0.15, 0.2) is 9.84 Å². The van der Waals surface area contributed by atoms with Gasteiger partial charge in [-0.3, -0.25) is 0 Å². The molecule has 5 nitrogen and oxygen atoms in total. The standard InChI is InChI=1S/C14H25N3O2S/c1-10(2)15-8-6-7-13-11(3)16-14(17-12(13)4)9-20(5,18)19/h10,15H,6-9H2,1-5H3. The predicted octanol–water partition coefficient (Wildman–Crippen LogP) is 1.57. The first-order chi connectivity index (χ1) is 9.19. The van der Waals surface area contributed by atoms with Crippen molar-refractivity contribution in [2.24, 2.45) is 0 Å². The van der Waals surface area contributed by atoms with E-state index in [0.29, 0.717) is 11.9 Å². The van der Waals surface area contributed by atoms with Crippen LogP contribution in [-0.4, -0.2) is 37.2 Å². The number of nitrogens with one attached hydrogen (secondary N) is 1. The summed E-state index contributed by atoms with van der Waals surface area (Å²) in [6.45, 7) is 9.05. The Labute approximate surface area is 122 Å². The number of sulfone groups is 1. The van der Waals surface area contributed by atoms with Gasteiger partial charge >= 0.3 is 0 Å². The van der Waals surface area contributed by atoms with E-state index in [0.717, 1.165) is 36.3 Å². The molecule has 0 fully saturated rings. The molecule has 0 aromatic carbocycles. The average molecular weight is 299 g/mol. The van der Waals surface area contributed by atoms with Gasteiger partial charge in [0, 0.05) is 23.7 Å². The SMILES string of the molecule is Cc1nc(CS(C)(=O)=O)nc(C)c1CCCNC(C)C. The molecule has 1 aromatic rings. The van der Waals surface area contributed by atoms with E-state index in [2.05, 4.69) is 29.1 Å². The van der Waals surface area contributed by atoms with Crippen LogP contribution in [0, 0.1) is 13.8 Å². The lowest BCUT2D eigenvalue weighted by atomic mass is 10.1. The molecular weight excluding hydrogens is 274 g/mol. The zero-order valence-electron chi connectivity index (χ0n) is 13.0. The Morgan fingerprint density at radius 1 is 1.15 bits per heavy atom. The molecule has 114 valence electrons. The summed E-state index contributed by atoms with van der Waals surface area (Å²) in [5.41, 5.74) is 2.91. The lowest BCUT2D eigenvalue weighted by Gasteiger charge is -2.12. The van der Waals surface area contributed by atoms with Crippen LogP contribution in [-0.2, 0) is 22.0 Å². The lowest BCUT2D eigenvalue weighted by Crippen LogP contribution is -2.24. The van der Waals surface area contributed by atoms with Crippen molar-refractivity contribution in [3.63, 3.8) is 0 Å². The molecule has 1 aromatic heterocycles. The molecule has 0 aliphatic heterocycles. The van der Waals surface area contributed by atoms with Gasteiger partial charge in [-0.1, -0.05) is 13.8 Å². The van der Waals surface area contributed by atoms with Crippen molar-refractivity contribution >= 4 is 9.84 Å². The van der Waals surface area contributed by atoms with Gasteiger partial charge in [0.25, 0.3) is 0 Å². The van der Waals surface area contributed by atoms with E-state index in [-0.39, 0.29) is 5.75 Å². The van der Waals surface area contributed by atoms with Gasteiger partial charge < -0.3 is 5.32 Å². The molecule has 0 bridgehead atoms. The first kappa shape index (κ1) is 17.0. The van der Waals surface area contributed by atoms with E-state index >= 15 is 0 Å². The van der Waals surface area contributed by atoms with Crippen LogP contribution >= 0.6 is 0 Å². The molecule has 20 heavy (non-hydrogen) atoms. The maximum absolute atomic E-state index is 11.3. The van der Waals surface area contributed by atoms with Crippen LogP contribution in [0.15, 0.2) is 0 Å². The Morgan fingerprint density at radius 2 is 1.70 bits per heavy atom. The van der Waals surface area contributed by atoms with Gasteiger partial charge in [0.05, 0.1) is 0 Å². The minimum atomic E-state index is -3.09. The van der Waals surface area contributed by atoms with Gasteiger partial charge in [0.1, 0.15) is 11.6 Å². The van der Waals surface area contributed by atoms with Crippen molar-refractivity contribution in [3.05, 3.63) is 22.8 Å². The molecule has 0 aliphatic carbocycles. The van der Waals surface area contributed by atoms with E-state index in [9.17, 15) is 8.42 Å². The molecule has 0 unspecified atom stereocenters. The molecule has 0 spiro atoms. The zero-order chi connectivity index (χ0) is 15.3. The normalized spacial score (nSPS) is 12.1. The van der Waals surface area contributed by atoms with E-state index in [1.54, 1.807) is 0 Å². The Hall–Kier alpha value is -1.01. The highest BCUT2D eigenvalue weighted by molar-refractivity contribution is 7.89. The second-order valence-corrected chi connectivity index (χ2v) is 7.71. The maximum Gasteiger partial charge on any atom is 0.154 e. The third-order valence-electron chi connectivity index (χ3n) is 3.01. The minimum absolute atomic E-state index is 0.0934. The third-order valence-corrected chi connectivity index (χ3v) is 3.80. The number of hydrogen-bond acceptors (Lipinski definition) is 5. The summed E-state index contributed by atoms with van der Waals surface area (Å²) >= 11 is 0. The second kappa shape index (κ2) is 7.13. The fourth-order valence-corrected chi connectivity index (χ4v) is 2.72. The fourth-order valence-electron chi connectivity index (χ4n) is 2.13. The van der Waals surface area contributed by atoms with E-state index in [4.69, 9.17) is 0 Å². The average Bonchev–Trinajstić information content (AvgIpc) is 2.24. The molecule has 0 radical (unpaired) electrons. The summed E-state index contributed by atoms with van der Waals surface area (Å²) in [5, 5.41) is 3.38. The van der Waals surface area contributed by atoms with Gasteiger partial charge in [-0.15, -0.1) is 0 Å². The predicted molar refractivity (Wildman–Crippen MR) is 81.5 cm³/mol. The first-order valence-electron chi connectivity index (χ1n) is 6.93. The van der Waals surface area contributed by atoms with Crippen molar-refractivity contribution in [1.29, 1.82) is 0 Å². The summed E-state index contributed by atoms with van der Waals surface area (Å²) in [4.78, 5) is 8.64. The van der Waals surface area contributed by atoms with E-state index in [1.165, 1.54) is 6.26 Å². The smallest absolute Gasteiger partial charge is 0.154 e. The Balaban J connectivity index is 2.74. The van der Waals surface area contributed by atoms with Crippen LogP contribution in [0.5, 0.6) is 0 Å². The van der Waals surface area contributed by atoms with Crippen LogP contribution in [0.4, 0.5) is 0 Å². The quantitative estimate of drug-likeness (QED) is 0.774. The molecule has 1 heterocycles. The van der Waals surface area contributed by atoms with Crippen LogP contribution in [0.25, 0.3) is 0 Å². The number of aryl methyl sites for hydroxylation is 2. The van der Waals surface area contributed by atoms with Gasteiger partial charge in [-0.2, -0.15) is 0 Å². The summed E-state index contributed by atoms with van der Waals surface area (Å²) < 4.78 is 22.6. The monoisotopic (exact) mass is 299 g/mol. The highest BCUT2D eigenvalue weighted by Gasteiger charge is 2.12. The molecular formula is C14H25N3O2S. The highest BCUT2D eigenvalue weighted by atomic mass is 32.2. The number of hydrogen-bond donors (Lipinski definition) is 1. The molecule has 1 rings (SSSR count). The van der Waals surface area contributed by atoms with Crippen molar-refractivity contribution in [1.82, 2.24) is 15.3 Å². The zero-order valence-corrected chi connectivity index (χ0v) is 13.8. The fraction of sp³-hybridized carbons (Fsp3) is 0.714. The summed E-state index contributed by atoms with van der Waals surface area (Å²) in [6, 6.07) is 0.491. The van der Waals surface area contributed by atoms with Gasteiger partial charge in [-0.25, -0.2) is 18.4 Å². The van der Waals surface area contributed by atoms with Crippen molar-refractivity contribution in [2.45, 2.75) is 52.3 Å². The van der Waals surface area contributed by atoms with Crippen molar-refractivity contribution in [2.75, 3.05) is 12.8 Å². The van der Waals surface area contributed by atoms with E-state index < -0.39 is 9.84 Å². The lowest BCUT2D eigenvalue weighted by molar-refractivity contribution is 0.569. The molecule has 0 saturated heterocycles. The van der Waals surface area contributed by atoms with Crippen molar-refractivity contribution in [3.8, 4) is 0 Å². The second-order valence-electron chi connectivity index (χ2n) is 5.57. The van der Waals surface area contributed by atoms with Crippen LogP contribution < -0.4 is 5.32 Å². The highest BCUT2D eigenvalue weighted by Crippen LogP contribution is 2.13. The molecule has 1 N–H and O–H groups in total. The largest absolute Gasteiger partial charge is 0.315 e. The Kier molecular flexibility index (Phi) is 6.07. The van der Waals surface area contributed by atoms with Crippen LogP contribution in [0.1, 0.15) is 43.0 Å². The van der Waals surface area contributed by atoms with Gasteiger partial charge in [-0.05, 0) is 38.8 Å². The third kappa shape index (κ3) is 5.96. The summed E-state index contributed by atoms with van der Waals surface area (Å²) in [6.07, 6.45) is 3.14. The minimum Gasteiger partial charge on any atom is -0.315 e. The Bertz CT molecular complexity index is 531. The number of aromatic nitrogens is 2. The Morgan fingerprint density at radius 3 is 2.15 bits per heavy atom.